The largest absolute Gasteiger partial charge is 0.468 e. The molecule has 70 valence electrons. The Balaban J connectivity index is 2.31. The number of aromatic nitrogens is 1. The summed E-state index contributed by atoms with van der Waals surface area (Å²) in [6.07, 6.45) is 4.76. The van der Waals surface area contributed by atoms with Crippen molar-refractivity contribution in [1.82, 2.24) is 4.98 Å². The first-order valence-corrected chi connectivity index (χ1v) is 4.52. The van der Waals surface area contributed by atoms with E-state index in [9.17, 15) is 4.79 Å². The van der Waals surface area contributed by atoms with E-state index in [-0.39, 0.29) is 11.4 Å². The molecule has 1 aliphatic rings. The van der Waals surface area contributed by atoms with Gasteiger partial charge in [0, 0.05) is 11.9 Å². The topological polar surface area (TPSA) is 42.1 Å². The average Bonchev–Trinajstić information content (AvgIpc) is 2.55. The van der Waals surface area contributed by atoms with Crippen LogP contribution in [0.1, 0.15) is 25.0 Å². The van der Waals surface area contributed by atoms with E-state index in [0.717, 1.165) is 25.0 Å². The Bertz CT molecular complexity index is 299. The molecule has 13 heavy (non-hydrogen) atoms. The highest BCUT2D eigenvalue weighted by Crippen LogP contribution is 2.43. The third-order valence-electron chi connectivity index (χ3n) is 2.90. The van der Waals surface area contributed by atoms with Crippen LogP contribution in [0.15, 0.2) is 18.3 Å². The van der Waals surface area contributed by atoms with Crippen LogP contribution in [0.4, 0.5) is 0 Å². The van der Waals surface area contributed by atoms with Gasteiger partial charge < -0.3 is 9.72 Å². The minimum atomic E-state index is -0.363. The van der Waals surface area contributed by atoms with Crippen molar-refractivity contribution in [1.29, 1.82) is 0 Å². The molecule has 1 heterocycles. The van der Waals surface area contributed by atoms with Gasteiger partial charge in [-0.05, 0) is 25.0 Å². The summed E-state index contributed by atoms with van der Waals surface area (Å²) in [5, 5.41) is 0. The zero-order valence-electron chi connectivity index (χ0n) is 7.67. The van der Waals surface area contributed by atoms with Crippen molar-refractivity contribution < 1.29 is 9.53 Å². The smallest absolute Gasteiger partial charge is 0.317 e. The first-order valence-electron chi connectivity index (χ1n) is 4.52. The Hall–Kier alpha value is -1.25. The number of H-pyrrole nitrogens is 1. The first kappa shape index (κ1) is 8.35. The highest BCUT2D eigenvalue weighted by molar-refractivity contribution is 5.83. The van der Waals surface area contributed by atoms with Crippen molar-refractivity contribution in [2.24, 2.45) is 0 Å². The zero-order valence-corrected chi connectivity index (χ0v) is 7.67. The third-order valence-corrected chi connectivity index (χ3v) is 2.90. The van der Waals surface area contributed by atoms with Crippen molar-refractivity contribution in [3.63, 3.8) is 0 Å². The highest BCUT2D eigenvalue weighted by Gasteiger charge is 2.47. The van der Waals surface area contributed by atoms with Crippen molar-refractivity contribution in [3.8, 4) is 0 Å². The molecule has 0 aliphatic heterocycles. The highest BCUT2D eigenvalue weighted by atomic mass is 16.5. The molecule has 0 radical (unpaired) electrons. The molecule has 1 saturated carbocycles. The van der Waals surface area contributed by atoms with Crippen LogP contribution in [0, 0.1) is 0 Å². The van der Waals surface area contributed by atoms with Crippen molar-refractivity contribution in [2.45, 2.75) is 24.7 Å². The molecule has 0 spiro atoms. The molecule has 0 atom stereocenters. The summed E-state index contributed by atoms with van der Waals surface area (Å²) < 4.78 is 4.82. The normalized spacial score (nSPS) is 19.2. The molecule has 0 aromatic carbocycles. The summed E-state index contributed by atoms with van der Waals surface area (Å²) in [4.78, 5) is 14.7. The lowest BCUT2D eigenvalue weighted by molar-refractivity contribution is -0.151. The van der Waals surface area contributed by atoms with Crippen molar-refractivity contribution >= 4 is 5.97 Å². The van der Waals surface area contributed by atoms with Gasteiger partial charge in [-0.1, -0.05) is 6.42 Å². The van der Waals surface area contributed by atoms with E-state index in [1.165, 1.54) is 7.11 Å². The van der Waals surface area contributed by atoms with E-state index in [4.69, 9.17) is 4.74 Å². The maximum atomic E-state index is 11.6. The molecule has 1 aliphatic carbocycles. The predicted octanol–water partition coefficient (Wildman–Crippen LogP) is 1.61. The van der Waals surface area contributed by atoms with Gasteiger partial charge >= 0.3 is 5.97 Å². The van der Waals surface area contributed by atoms with Gasteiger partial charge in [-0.3, -0.25) is 4.79 Å². The van der Waals surface area contributed by atoms with E-state index in [1.54, 1.807) is 0 Å². The van der Waals surface area contributed by atoms with Crippen LogP contribution in [0.2, 0.25) is 0 Å². The van der Waals surface area contributed by atoms with Crippen LogP contribution < -0.4 is 0 Å². The van der Waals surface area contributed by atoms with Gasteiger partial charge in [0.15, 0.2) is 0 Å². The molecular weight excluding hydrogens is 166 g/mol. The summed E-state index contributed by atoms with van der Waals surface area (Å²) in [6.45, 7) is 0. The van der Waals surface area contributed by atoms with Crippen LogP contribution in [-0.4, -0.2) is 18.1 Å². The molecule has 0 amide bonds. The molecule has 2 rings (SSSR count). The van der Waals surface area contributed by atoms with Crippen LogP contribution in [-0.2, 0) is 14.9 Å². The minimum absolute atomic E-state index is 0.110. The van der Waals surface area contributed by atoms with Gasteiger partial charge in [0.1, 0.15) is 5.41 Å². The van der Waals surface area contributed by atoms with Crippen LogP contribution >= 0.6 is 0 Å². The Labute approximate surface area is 77.1 Å². The molecule has 1 aromatic rings. The van der Waals surface area contributed by atoms with Gasteiger partial charge in [-0.15, -0.1) is 0 Å². The molecule has 1 aromatic heterocycles. The number of carbonyl (C=O) groups excluding carboxylic acids is 1. The molecule has 0 saturated heterocycles. The summed E-state index contributed by atoms with van der Waals surface area (Å²) in [5.74, 6) is -0.110. The van der Waals surface area contributed by atoms with E-state index >= 15 is 0 Å². The average molecular weight is 179 g/mol. The monoisotopic (exact) mass is 179 g/mol. The lowest BCUT2D eigenvalue weighted by atomic mass is 9.66. The van der Waals surface area contributed by atoms with E-state index < -0.39 is 0 Å². The van der Waals surface area contributed by atoms with Gasteiger partial charge in [0.25, 0.3) is 0 Å². The van der Waals surface area contributed by atoms with Crippen molar-refractivity contribution in [3.05, 3.63) is 24.0 Å². The van der Waals surface area contributed by atoms with Gasteiger partial charge in [-0.25, -0.2) is 0 Å². The van der Waals surface area contributed by atoms with E-state index in [2.05, 4.69) is 4.98 Å². The Morgan fingerprint density at radius 2 is 2.38 bits per heavy atom. The Morgan fingerprint density at radius 1 is 1.62 bits per heavy atom. The number of rotatable bonds is 2. The number of ether oxygens (including phenoxy) is 1. The number of carbonyl (C=O) groups is 1. The van der Waals surface area contributed by atoms with Crippen LogP contribution in [0.25, 0.3) is 0 Å². The Morgan fingerprint density at radius 3 is 2.77 bits per heavy atom. The predicted molar refractivity (Wildman–Crippen MR) is 48.3 cm³/mol. The van der Waals surface area contributed by atoms with E-state index in [0.29, 0.717) is 0 Å². The number of hydrogen-bond donors (Lipinski definition) is 1. The molecule has 1 N–H and O–H groups in total. The number of aromatic amines is 1. The van der Waals surface area contributed by atoms with E-state index in [1.807, 2.05) is 18.3 Å². The van der Waals surface area contributed by atoms with Gasteiger partial charge in [0.05, 0.1) is 7.11 Å². The Kier molecular flexibility index (Phi) is 1.87. The molecule has 1 fully saturated rings. The maximum absolute atomic E-state index is 11.6. The summed E-state index contributed by atoms with van der Waals surface area (Å²) in [7, 11) is 1.45. The third kappa shape index (κ3) is 1.07. The molecule has 0 unspecified atom stereocenters. The maximum Gasteiger partial charge on any atom is 0.317 e. The number of esters is 1. The second-order valence-corrected chi connectivity index (χ2v) is 3.51. The second-order valence-electron chi connectivity index (χ2n) is 3.51. The van der Waals surface area contributed by atoms with Gasteiger partial charge in [-0.2, -0.15) is 0 Å². The standard InChI is InChI=1S/C10H13NO2/c1-13-9(12)10(5-3-6-10)8-4-2-7-11-8/h2,4,7,11H,3,5-6H2,1H3. The number of methoxy groups -OCH3 is 1. The lowest BCUT2D eigenvalue weighted by Crippen LogP contribution is -2.43. The summed E-state index contributed by atoms with van der Waals surface area (Å²) >= 11 is 0. The minimum Gasteiger partial charge on any atom is -0.468 e. The quantitative estimate of drug-likeness (QED) is 0.701. The summed E-state index contributed by atoms with van der Waals surface area (Å²) in [5.41, 5.74) is 0.628. The number of hydrogen-bond acceptors (Lipinski definition) is 2. The SMILES string of the molecule is COC(=O)C1(c2ccc[nH]2)CCC1. The molecule has 3 heteroatoms. The second kappa shape index (κ2) is 2.91. The summed E-state index contributed by atoms with van der Waals surface area (Å²) in [6, 6.07) is 3.87. The zero-order chi connectivity index (χ0) is 9.31. The van der Waals surface area contributed by atoms with Crippen molar-refractivity contribution in [2.75, 3.05) is 7.11 Å². The number of nitrogens with one attached hydrogen (secondary N) is 1. The fourth-order valence-corrected chi connectivity index (χ4v) is 1.94. The first-order chi connectivity index (χ1) is 6.29. The van der Waals surface area contributed by atoms with Crippen LogP contribution in [0.3, 0.4) is 0 Å². The molecule has 0 bridgehead atoms. The van der Waals surface area contributed by atoms with Gasteiger partial charge in [0.2, 0.25) is 0 Å². The molecular formula is C10H13NO2. The van der Waals surface area contributed by atoms with Crippen LogP contribution in [0.5, 0.6) is 0 Å². The fraction of sp³-hybridized carbons (Fsp3) is 0.500. The lowest BCUT2D eigenvalue weighted by Gasteiger charge is -2.38. The molecule has 3 nitrogen and oxygen atoms in total. The fourth-order valence-electron chi connectivity index (χ4n) is 1.94.